The fourth-order valence-corrected chi connectivity index (χ4v) is 8.52. The van der Waals surface area contributed by atoms with Gasteiger partial charge in [0.05, 0.1) is 28.0 Å². The third kappa shape index (κ3) is 7.02. The molecule has 3 heterocycles. The van der Waals surface area contributed by atoms with Gasteiger partial charge in [0.2, 0.25) is 11.8 Å². The largest absolute Gasteiger partial charge is 0.478 e. The number of nitrogens with one attached hydrogen (secondary N) is 2. The number of aromatic nitrogens is 6. The smallest absolute Gasteiger partial charge is 0.335 e. The normalized spacial score (nSPS) is 18.7. The molecule has 3 aliphatic rings. The summed E-state index contributed by atoms with van der Waals surface area (Å²) in [5.74, 6) is 0.802. The molecule has 0 spiro atoms. The molecular formula is C37H42N8O5S. The summed E-state index contributed by atoms with van der Waals surface area (Å²) < 4.78 is 37.7. The van der Waals surface area contributed by atoms with E-state index in [1.807, 2.05) is 43.7 Å². The topological polar surface area (TPSA) is 174 Å². The maximum absolute atomic E-state index is 13.4. The van der Waals surface area contributed by atoms with Crippen LogP contribution in [0.15, 0.2) is 59.6 Å². The lowest BCUT2D eigenvalue weighted by Crippen LogP contribution is -2.55. The van der Waals surface area contributed by atoms with Crippen molar-refractivity contribution < 1.29 is 23.1 Å². The number of anilines is 1. The van der Waals surface area contributed by atoms with Gasteiger partial charge >= 0.3 is 5.97 Å². The molecule has 0 amide bonds. The number of carboxylic acid groups (broad SMARTS) is 1. The molecule has 1 atom stereocenters. The van der Waals surface area contributed by atoms with Gasteiger partial charge in [-0.15, -0.1) is 0 Å². The molecule has 14 heteroatoms. The van der Waals surface area contributed by atoms with Gasteiger partial charge in [0.25, 0.3) is 10.0 Å². The molecule has 0 unspecified atom stereocenters. The zero-order valence-corrected chi connectivity index (χ0v) is 30.2. The average molecular weight is 711 g/mol. The molecule has 8 rings (SSSR count). The number of ether oxygens (including phenoxy) is 1. The van der Waals surface area contributed by atoms with E-state index in [4.69, 9.17) is 9.72 Å². The number of fused-ring (bicyclic) bond motifs is 1. The molecule has 5 aromatic rings. The van der Waals surface area contributed by atoms with Crippen molar-refractivity contribution in [2.75, 3.05) is 11.3 Å². The van der Waals surface area contributed by atoms with Crippen LogP contribution in [0.1, 0.15) is 78.5 Å². The third-order valence-corrected chi connectivity index (χ3v) is 11.4. The summed E-state index contributed by atoms with van der Waals surface area (Å²) in [6, 6.07) is 12.7. The molecule has 0 radical (unpaired) electrons. The number of aryl methyl sites for hydroxylation is 3. The number of carboxylic acids is 1. The van der Waals surface area contributed by atoms with Crippen LogP contribution in [0.25, 0.3) is 22.6 Å². The van der Waals surface area contributed by atoms with E-state index in [1.54, 1.807) is 12.3 Å². The summed E-state index contributed by atoms with van der Waals surface area (Å²) in [4.78, 5) is 34.5. The predicted molar refractivity (Wildman–Crippen MR) is 192 cm³/mol. The van der Waals surface area contributed by atoms with Crippen molar-refractivity contribution in [3.05, 3.63) is 82.9 Å². The quantitative estimate of drug-likeness (QED) is 0.127. The van der Waals surface area contributed by atoms with Gasteiger partial charge in [0.15, 0.2) is 11.3 Å². The van der Waals surface area contributed by atoms with E-state index in [1.165, 1.54) is 37.5 Å². The van der Waals surface area contributed by atoms with E-state index in [9.17, 15) is 18.3 Å². The van der Waals surface area contributed by atoms with Crippen molar-refractivity contribution in [2.24, 2.45) is 18.4 Å². The van der Waals surface area contributed by atoms with Crippen LogP contribution in [0.2, 0.25) is 0 Å². The minimum Gasteiger partial charge on any atom is -0.478 e. The fraction of sp³-hybridized carbons (Fsp3) is 0.405. The van der Waals surface area contributed by atoms with Gasteiger partial charge in [-0.05, 0) is 80.2 Å². The van der Waals surface area contributed by atoms with Crippen LogP contribution < -0.4 is 14.8 Å². The molecule has 3 aromatic heterocycles. The SMILES string of the molecule is Cc1cccc(C)c1-c1cc(OC[C@@H](CC23CC(C2)C3)NCc2cnc3nc(C(C)C)n(C)c3n2)nc(NS(=O)(=O)c2cccc(C(=O)O)c2)n1. The van der Waals surface area contributed by atoms with Gasteiger partial charge in [-0.3, -0.25) is 0 Å². The highest BCUT2D eigenvalue weighted by Crippen LogP contribution is 2.66. The molecule has 0 aliphatic heterocycles. The van der Waals surface area contributed by atoms with Crippen LogP contribution in [0, 0.1) is 25.2 Å². The van der Waals surface area contributed by atoms with Crippen LogP contribution >= 0.6 is 0 Å². The Labute approximate surface area is 297 Å². The first-order valence-electron chi connectivity index (χ1n) is 17.2. The molecule has 51 heavy (non-hydrogen) atoms. The van der Waals surface area contributed by atoms with Gasteiger partial charge < -0.3 is 19.7 Å². The lowest BCUT2D eigenvalue weighted by Gasteiger charge is -2.63. The van der Waals surface area contributed by atoms with Crippen LogP contribution in [0.5, 0.6) is 5.88 Å². The van der Waals surface area contributed by atoms with E-state index in [-0.39, 0.29) is 40.9 Å². The molecule has 2 aromatic carbocycles. The number of rotatable bonds is 14. The minimum absolute atomic E-state index is 0.0426. The second-order valence-corrected chi connectivity index (χ2v) is 16.1. The number of hydrogen-bond acceptors (Lipinski definition) is 10. The number of nitrogens with zero attached hydrogens (tertiary/aromatic N) is 6. The molecule has 13 nitrogen and oxygen atoms in total. The van der Waals surface area contributed by atoms with E-state index in [0.29, 0.717) is 23.3 Å². The van der Waals surface area contributed by atoms with Crippen LogP contribution in [-0.4, -0.2) is 61.6 Å². The van der Waals surface area contributed by atoms with Gasteiger partial charge in [-0.1, -0.05) is 38.1 Å². The van der Waals surface area contributed by atoms with Crippen LogP contribution in [0.3, 0.4) is 0 Å². The van der Waals surface area contributed by atoms with Crippen LogP contribution in [0.4, 0.5) is 5.95 Å². The molecular weight excluding hydrogens is 669 g/mol. The first-order valence-corrected chi connectivity index (χ1v) is 18.6. The molecule has 3 aliphatic carbocycles. The maximum atomic E-state index is 13.4. The van der Waals surface area contributed by atoms with Crippen molar-refractivity contribution >= 4 is 33.2 Å². The molecule has 3 saturated carbocycles. The Balaban J connectivity index is 1.15. The van der Waals surface area contributed by atoms with Crippen molar-refractivity contribution in [1.82, 2.24) is 34.8 Å². The Bertz CT molecular complexity index is 2220. The first kappa shape index (κ1) is 34.5. The Morgan fingerprint density at radius 1 is 1.04 bits per heavy atom. The molecule has 3 fully saturated rings. The summed E-state index contributed by atoms with van der Waals surface area (Å²) >= 11 is 0. The predicted octanol–water partition coefficient (Wildman–Crippen LogP) is 5.79. The van der Waals surface area contributed by atoms with Crippen LogP contribution in [-0.2, 0) is 23.6 Å². The highest BCUT2D eigenvalue weighted by Gasteiger charge is 2.56. The Kier molecular flexibility index (Phi) is 9.00. The second-order valence-electron chi connectivity index (χ2n) is 14.4. The maximum Gasteiger partial charge on any atom is 0.335 e. The van der Waals surface area contributed by atoms with E-state index in [0.717, 1.165) is 52.3 Å². The molecule has 266 valence electrons. The zero-order chi connectivity index (χ0) is 36.1. The standard InChI is InChI=1S/C37H42N8O5S/c1-21(2)33-43-32-34(45(33)5)40-27(19-39-32)18-38-26(17-37-14-24(15-37)16-37)20-50-30-13-29(31-22(3)8-6-9-23(31)4)41-36(42-30)44-51(48,49)28-11-7-10-25(12-28)35(46)47/h6-13,19,21,24,26,38H,14-18,20H2,1-5H3,(H,46,47)(H,41,42,44)/t24?,26-,37?/m1/s1. The van der Waals surface area contributed by atoms with Crippen molar-refractivity contribution in [3.8, 4) is 17.1 Å². The summed E-state index contributed by atoms with van der Waals surface area (Å²) in [6.07, 6.45) is 6.36. The number of sulfonamides is 1. The molecule has 0 saturated heterocycles. The number of carbonyl (C=O) groups is 1. The number of benzene rings is 2. The number of aromatic carboxylic acids is 1. The lowest BCUT2D eigenvalue weighted by molar-refractivity contribution is -0.119. The summed E-state index contributed by atoms with van der Waals surface area (Å²) in [6.45, 7) is 8.88. The Morgan fingerprint density at radius 3 is 2.43 bits per heavy atom. The second kappa shape index (κ2) is 13.3. The third-order valence-electron chi connectivity index (χ3n) is 10.1. The summed E-state index contributed by atoms with van der Waals surface area (Å²) in [5.41, 5.74) is 5.58. The van der Waals surface area contributed by atoms with Crippen molar-refractivity contribution in [1.29, 1.82) is 0 Å². The number of imidazole rings is 1. The zero-order valence-electron chi connectivity index (χ0n) is 29.3. The lowest BCUT2D eigenvalue weighted by atomic mass is 9.43. The Hall–Kier alpha value is -4.95. The summed E-state index contributed by atoms with van der Waals surface area (Å²) in [5, 5.41) is 13.1. The minimum atomic E-state index is -4.24. The van der Waals surface area contributed by atoms with Gasteiger partial charge in [-0.25, -0.2) is 37.9 Å². The number of hydrogen-bond donors (Lipinski definition) is 3. The highest BCUT2D eigenvalue weighted by atomic mass is 32.2. The first-order chi connectivity index (χ1) is 24.3. The van der Waals surface area contributed by atoms with Crippen molar-refractivity contribution in [2.45, 2.75) is 76.8 Å². The van der Waals surface area contributed by atoms with E-state index < -0.39 is 16.0 Å². The summed E-state index contributed by atoms with van der Waals surface area (Å²) in [7, 11) is -2.27. The van der Waals surface area contributed by atoms with E-state index >= 15 is 0 Å². The van der Waals surface area contributed by atoms with Gasteiger partial charge in [0.1, 0.15) is 12.4 Å². The molecule has 3 N–H and O–H groups in total. The van der Waals surface area contributed by atoms with Gasteiger partial charge in [0, 0.05) is 37.2 Å². The average Bonchev–Trinajstić information content (AvgIpc) is 3.38. The Morgan fingerprint density at radius 2 is 1.76 bits per heavy atom. The van der Waals surface area contributed by atoms with E-state index in [2.05, 4.69) is 43.8 Å². The van der Waals surface area contributed by atoms with Crippen molar-refractivity contribution in [3.63, 3.8) is 0 Å². The molecule has 2 bridgehead atoms. The van der Waals surface area contributed by atoms with Gasteiger partial charge in [-0.2, -0.15) is 4.98 Å². The fourth-order valence-electron chi connectivity index (χ4n) is 7.53. The highest BCUT2D eigenvalue weighted by molar-refractivity contribution is 7.92. The monoisotopic (exact) mass is 710 g/mol.